The van der Waals surface area contributed by atoms with Gasteiger partial charge in [0.25, 0.3) is 5.91 Å². The first-order chi connectivity index (χ1) is 10.6. The maximum atomic E-state index is 12.1. The van der Waals surface area contributed by atoms with Crippen molar-refractivity contribution in [3.05, 3.63) is 44.8 Å². The van der Waals surface area contributed by atoms with Gasteiger partial charge in [-0.3, -0.25) is 4.79 Å². The average Bonchev–Trinajstić information content (AvgIpc) is 3.14. The molecule has 116 valence electrons. The van der Waals surface area contributed by atoms with Gasteiger partial charge in [0.15, 0.2) is 0 Å². The summed E-state index contributed by atoms with van der Waals surface area (Å²) < 4.78 is 1.10. The van der Waals surface area contributed by atoms with Gasteiger partial charge >= 0.3 is 0 Å². The third kappa shape index (κ3) is 3.50. The van der Waals surface area contributed by atoms with E-state index in [4.69, 9.17) is 0 Å². The minimum absolute atomic E-state index is 0.000838. The van der Waals surface area contributed by atoms with Crippen molar-refractivity contribution in [2.24, 2.45) is 5.92 Å². The Kier molecular flexibility index (Phi) is 4.78. The minimum atomic E-state index is 0.000838. The van der Waals surface area contributed by atoms with E-state index in [2.05, 4.69) is 49.3 Å². The molecule has 1 N–H and O–H groups in total. The Morgan fingerprint density at radius 3 is 3.14 bits per heavy atom. The molecule has 0 aliphatic carbocycles. The lowest BCUT2D eigenvalue weighted by molar-refractivity contribution is 0.0951. The zero-order chi connectivity index (χ0) is 15.5. The van der Waals surface area contributed by atoms with Crippen LogP contribution in [0.4, 0.5) is 5.69 Å². The smallest absolute Gasteiger partial charge is 0.263 e. The summed E-state index contributed by atoms with van der Waals surface area (Å²) in [5, 5.41) is 3.05. The summed E-state index contributed by atoms with van der Waals surface area (Å²) in [4.78, 5) is 19.3. The summed E-state index contributed by atoms with van der Waals surface area (Å²) >= 11 is 4.91. The lowest BCUT2D eigenvalue weighted by Gasteiger charge is -2.19. The van der Waals surface area contributed by atoms with Gasteiger partial charge in [0, 0.05) is 29.8 Å². The van der Waals surface area contributed by atoms with Crippen molar-refractivity contribution < 1.29 is 4.79 Å². The number of halogens is 1. The number of carbonyl (C=O) groups is 1. The molecule has 1 aliphatic rings. The van der Waals surface area contributed by atoms with Crippen LogP contribution in [-0.2, 0) is 0 Å². The van der Waals surface area contributed by atoms with Crippen molar-refractivity contribution in [3.8, 4) is 0 Å². The van der Waals surface area contributed by atoms with E-state index in [1.807, 2.05) is 13.0 Å². The first-order valence-electron chi connectivity index (χ1n) is 7.32. The van der Waals surface area contributed by atoms with Crippen LogP contribution in [0, 0.1) is 12.8 Å². The summed E-state index contributed by atoms with van der Waals surface area (Å²) in [6.07, 6.45) is 1.11. The van der Waals surface area contributed by atoms with Crippen molar-refractivity contribution in [3.63, 3.8) is 0 Å². The summed E-state index contributed by atoms with van der Waals surface area (Å²) in [6.45, 7) is 4.62. The van der Waals surface area contributed by atoms with E-state index in [-0.39, 0.29) is 5.91 Å². The van der Waals surface area contributed by atoms with Crippen LogP contribution in [0.15, 0.2) is 34.2 Å². The Balaban J connectivity index is 1.53. The van der Waals surface area contributed by atoms with Crippen molar-refractivity contribution in [2.45, 2.75) is 13.3 Å². The van der Waals surface area contributed by atoms with E-state index in [0.29, 0.717) is 5.92 Å². The lowest BCUT2D eigenvalue weighted by atomic mass is 10.1. The predicted octanol–water partition coefficient (Wildman–Crippen LogP) is 3.47. The summed E-state index contributed by atoms with van der Waals surface area (Å²) in [5.74, 6) is 0.497. The molecule has 4 nitrogen and oxygen atoms in total. The number of hydrogen-bond donors (Lipinski definition) is 1. The molecular formula is C16H18BrN3OS. The highest BCUT2D eigenvalue weighted by Crippen LogP contribution is 2.26. The molecule has 2 aromatic rings. The van der Waals surface area contributed by atoms with E-state index < -0.39 is 0 Å². The van der Waals surface area contributed by atoms with Gasteiger partial charge in [-0.2, -0.15) is 0 Å². The number of hydrogen-bond acceptors (Lipinski definition) is 4. The number of aryl methyl sites for hydroxylation is 1. The molecule has 1 aromatic carbocycles. The quantitative estimate of drug-likeness (QED) is 0.884. The SMILES string of the molecule is Cc1ncsc1C(=O)NCC1CCN(c2cccc(Br)c2)C1. The number of nitrogens with zero attached hydrogens (tertiary/aromatic N) is 2. The van der Waals surface area contributed by atoms with Gasteiger partial charge in [0.2, 0.25) is 0 Å². The Morgan fingerprint density at radius 1 is 1.55 bits per heavy atom. The molecule has 1 amide bonds. The number of carbonyl (C=O) groups excluding carboxylic acids is 1. The summed E-state index contributed by atoms with van der Waals surface area (Å²) in [5.41, 5.74) is 3.76. The van der Waals surface area contributed by atoms with Gasteiger partial charge in [-0.1, -0.05) is 22.0 Å². The van der Waals surface area contributed by atoms with Crippen molar-refractivity contribution >= 4 is 38.9 Å². The molecule has 1 atom stereocenters. The van der Waals surface area contributed by atoms with Gasteiger partial charge < -0.3 is 10.2 Å². The second-order valence-corrected chi connectivity index (χ2v) is 7.33. The van der Waals surface area contributed by atoms with E-state index in [0.717, 1.165) is 41.1 Å². The molecule has 2 heterocycles. The molecule has 1 unspecified atom stereocenters. The molecule has 1 aromatic heterocycles. The number of amides is 1. The summed E-state index contributed by atoms with van der Waals surface area (Å²) in [6, 6.07) is 8.36. The van der Waals surface area contributed by atoms with Crippen molar-refractivity contribution in [1.29, 1.82) is 0 Å². The second-order valence-electron chi connectivity index (χ2n) is 5.56. The van der Waals surface area contributed by atoms with Crippen LogP contribution in [0.1, 0.15) is 21.8 Å². The fourth-order valence-electron chi connectivity index (χ4n) is 2.74. The zero-order valence-electron chi connectivity index (χ0n) is 12.4. The van der Waals surface area contributed by atoms with Crippen LogP contribution in [-0.4, -0.2) is 30.5 Å². The minimum Gasteiger partial charge on any atom is -0.371 e. The van der Waals surface area contributed by atoms with Gasteiger partial charge in [-0.25, -0.2) is 4.98 Å². The van der Waals surface area contributed by atoms with Gasteiger partial charge in [-0.15, -0.1) is 11.3 Å². The monoisotopic (exact) mass is 379 g/mol. The van der Waals surface area contributed by atoms with E-state index in [1.165, 1.54) is 17.0 Å². The third-order valence-corrected chi connectivity index (χ3v) is 5.38. The normalized spacial score (nSPS) is 17.7. The van der Waals surface area contributed by atoms with Crippen LogP contribution in [0.2, 0.25) is 0 Å². The largest absolute Gasteiger partial charge is 0.371 e. The fourth-order valence-corrected chi connectivity index (χ4v) is 3.85. The first kappa shape index (κ1) is 15.5. The predicted molar refractivity (Wildman–Crippen MR) is 93.6 cm³/mol. The molecule has 1 saturated heterocycles. The van der Waals surface area contributed by atoms with Crippen LogP contribution < -0.4 is 10.2 Å². The second kappa shape index (κ2) is 6.79. The Morgan fingerprint density at radius 2 is 2.41 bits per heavy atom. The Hall–Kier alpha value is -1.40. The zero-order valence-corrected chi connectivity index (χ0v) is 14.8. The first-order valence-corrected chi connectivity index (χ1v) is 8.99. The maximum absolute atomic E-state index is 12.1. The molecule has 0 spiro atoms. The van der Waals surface area contributed by atoms with E-state index >= 15 is 0 Å². The fraction of sp³-hybridized carbons (Fsp3) is 0.375. The van der Waals surface area contributed by atoms with Crippen LogP contribution in [0.5, 0.6) is 0 Å². The summed E-state index contributed by atoms with van der Waals surface area (Å²) in [7, 11) is 0. The third-order valence-electron chi connectivity index (χ3n) is 3.96. The molecule has 0 bridgehead atoms. The number of aromatic nitrogens is 1. The molecule has 1 aliphatic heterocycles. The van der Waals surface area contributed by atoms with E-state index in [1.54, 1.807) is 5.51 Å². The highest BCUT2D eigenvalue weighted by atomic mass is 79.9. The Labute approximate surface area is 142 Å². The molecular weight excluding hydrogens is 362 g/mol. The molecule has 22 heavy (non-hydrogen) atoms. The van der Waals surface area contributed by atoms with Gasteiger partial charge in [0.1, 0.15) is 4.88 Å². The van der Waals surface area contributed by atoms with Crippen molar-refractivity contribution in [2.75, 3.05) is 24.5 Å². The average molecular weight is 380 g/mol. The van der Waals surface area contributed by atoms with Crippen LogP contribution >= 0.6 is 27.3 Å². The molecule has 0 saturated carbocycles. The van der Waals surface area contributed by atoms with Crippen molar-refractivity contribution in [1.82, 2.24) is 10.3 Å². The van der Waals surface area contributed by atoms with Gasteiger partial charge in [-0.05, 0) is 37.5 Å². The van der Waals surface area contributed by atoms with Gasteiger partial charge in [0.05, 0.1) is 11.2 Å². The Bertz CT molecular complexity index is 673. The van der Waals surface area contributed by atoms with Crippen LogP contribution in [0.25, 0.3) is 0 Å². The van der Waals surface area contributed by atoms with Crippen LogP contribution in [0.3, 0.4) is 0 Å². The van der Waals surface area contributed by atoms with E-state index in [9.17, 15) is 4.79 Å². The number of benzene rings is 1. The molecule has 6 heteroatoms. The highest BCUT2D eigenvalue weighted by Gasteiger charge is 2.23. The maximum Gasteiger partial charge on any atom is 0.263 e. The topological polar surface area (TPSA) is 45.2 Å². The molecule has 3 rings (SSSR count). The lowest BCUT2D eigenvalue weighted by Crippen LogP contribution is -2.30. The molecule has 1 fully saturated rings. The highest BCUT2D eigenvalue weighted by molar-refractivity contribution is 9.10. The number of nitrogens with one attached hydrogen (secondary N) is 1. The standard InChI is InChI=1S/C16H18BrN3OS/c1-11-15(22-10-19-11)16(21)18-8-12-5-6-20(9-12)14-4-2-3-13(17)7-14/h2-4,7,10,12H,5-6,8-9H2,1H3,(H,18,21). The number of thiazole rings is 1. The molecule has 0 radical (unpaired) electrons. The number of anilines is 1. The number of rotatable bonds is 4.